The van der Waals surface area contributed by atoms with E-state index in [1.807, 2.05) is 32.8 Å². The topological polar surface area (TPSA) is 32.3 Å². The van der Waals surface area contributed by atoms with Crippen LogP contribution in [0.1, 0.15) is 33.6 Å². The summed E-state index contributed by atoms with van der Waals surface area (Å²) in [6.07, 6.45) is 2.15. The molecule has 2 fully saturated rings. The maximum atomic E-state index is 11.9. The van der Waals surface area contributed by atoms with Crippen molar-refractivity contribution in [1.29, 1.82) is 0 Å². The van der Waals surface area contributed by atoms with Crippen LogP contribution in [-0.2, 0) is 4.79 Å². The maximum absolute atomic E-state index is 11.9. The molecule has 1 spiro atoms. The molecule has 88 valence electrons. The second-order valence-corrected chi connectivity index (χ2v) is 4.59. The highest BCUT2D eigenvalue weighted by atomic mass is 16.2. The molecule has 3 heteroatoms. The number of likely N-dealkylation sites (tertiary alicyclic amines) is 1. The van der Waals surface area contributed by atoms with Gasteiger partial charge in [0.1, 0.15) is 0 Å². The Morgan fingerprint density at radius 1 is 1.40 bits per heavy atom. The first-order valence-corrected chi connectivity index (χ1v) is 6.04. The molecule has 1 aliphatic carbocycles. The molecule has 1 N–H and O–H groups in total. The number of nitrogens with zero attached hydrogens (tertiary/aromatic N) is 1. The molecule has 2 atom stereocenters. The van der Waals surface area contributed by atoms with Crippen LogP contribution in [0.25, 0.3) is 0 Å². The lowest BCUT2D eigenvalue weighted by atomic mass is 9.81. The first-order chi connectivity index (χ1) is 7.12. The molecule has 15 heavy (non-hydrogen) atoms. The van der Waals surface area contributed by atoms with Crippen LogP contribution >= 0.6 is 0 Å². The Hall–Kier alpha value is -0.570. The predicted molar refractivity (Wildman–Crippen MR) is 62.7 cm³/mol. The quantitative estimate of drug-likeness (QED) is 0.714. The van der Waals surface area contributed by atoms with E-state index >= 15 is 0 Å². The Morgan fingerprint density at radius 2 is 1.93 bits per heavy atom. The third-order valence-corrected chi connectivity index (χ3v) is 3.60. The zero-order valence-corrected chi connectivity index (χ0v) is 10.6. The minimum Gasteiger partial charge on any atom is -0.345 e. The Balaban J connectivity index is 0.000000531. The largest absolute Gasteiger partial charge is 0.345 e. The molecule has 0 bridgehead atoms. The van der Waals surface area contributed by atoms with Crippen LogP contribution in [0.3, 0.4) is 0 Å². The zero-order valence-electron chi connectivity index (χ0n) is 10.6. The number of rotatable bonds is 1. The highest BCUT2D eigenvalue weighted by Gasteiger charge is 2.59. The maximum Gasteiger partial charge on any atom is 0.230 e. The lowest BCUT2D eigenvalue weighted by molar-refractivity contribution is -0.142. The van der Waals surface area contributed by atoms with Crippen LogP contribution in [0.4, 0.5) is 0 Å². The van der Waals surface area contributed by atoms with E-state index in [-0.39, 0.29) is 5.41 Å². The van der Waals surface area contributed by atoms with Crippen molar-refractivity contribution < 1.29 is 4.79 Å². The first-order valence-electron chi connectivity index (χ1n) is 6.04. The van der Waals surface area contributed by atoms with Crippen molar-refractivity contribution in [2.45, 2.75) is 39.7 Å². The smallest absolute Gasteiger partial charge is 0.230 e. The number of amides is 1. The summed E-state index contributed by atoms with van der Waals surface area (Å²) in [4.78, 5) is 13.8. The SMILES string of the molecule is CC.CNC1C(C)CN(C)C(=O)C12CC2. The molecular weight excluding hydrogens is 188 g/mol. The molecule has 1 amide bonds. The Morgan fingerprint density at radius 3 is 2.33 bits per heavy atom. The second kappa shape index (κ2) is 4.52. The summed E-state index contributed by atoms with van der Waals surface area (Å²) in [7, 11) is 3.89. The number of carbonyl (C=O) groups excluding carboxylic acids is 1. The molecule has 0 radical (unpaired) electrons. The van der Waals surface area contributed by atoms with Gasteiger partial charge in [-0.2, -0.15) is 0 Å². The lowest BCUT2D eigenvalue weighted by Gasteiger charge is -2.41. The van der Waals surface area contributed by atoms with Crippen molar-refractivity contribution in [2.24, 2.45) is 11.3 Å². The van der Waals surface area contributed by atoms with E-state index in [0.717, 1.165) is 19.4 Å². The molecule has 2 aliphatic rings. The Bertz CT molecular complexity index is 236. The molecular formula is C12H24N2O. The van der Waals surface area contributed by atoms with Gasteiger partial charge in [0.15, 0.2) is 0 Å². The molecule has 1 saturated heterocycles. The molecule has 0 aromatic heterocycles. The summed E-state index contributed by atoms with van der Waals surface area (Å²) >= 11 is 0. The lowest BCUT2D eigenvalue weighted by Crippen LogP contribution is -2.56. The monoisotopic (exact) mass is 212 g/mol. The van der Waals surface area contributed by atoms with Crippen molar-refractivity contribution in [3.63, 3.8) is 0 Å². The van der Waals surface area contributed by atoms with Gasteiger partial charge in [-0.25, -0.2) is 0 Å². The fourth-order valence-electron chi connectivity index (χ4n) is 2.90. The van der Waals surface area contributed by atoms with E-state index in [1.54, 1.807) is 0 Å². The van der Waals surface area contributed by atoms with Gasteiger partial charge in [-0.05, 0) is 25.8 Å². The van der Waals surface area contributed by atoms with Crippen LogP contribution in [-0.4, -0.2) is 37.5 Å². The van der Waals surface area contributed by atoms with Crippen molar-refractivity contribution in [3.8, 4) is 0 Å². The van der Waals surface area contributed by atoms with E-state index in [2.05, 4.69) is 12.2 Å². The summed E-state index contributed by atoms with van der Waals surface area (Å²) in [6.45, 7) is 7.12. The van der Waals surface area contributed by atoms with Gasteiger partial charge in [0.2, 0.25) is 5.91 Å². The van der Waals surface area contributed by atoms with Gasteiger partial charge in [0.05, 0.1) is 5.41 Å². The fraction of sp³-hybridized carbons (Fsp3) is 0.917. The van der Waals surface area contributed by atoms with Gasteiger partial charge in [-0.15, -0.1) is 0 Å². The number of hydrogen-bond acceptors (Lipinski definition) is 2. The average Bonchev–Trinajstić information content (AvgIpc) is 3.00. The number of carbonyl (C=O) groups is 1. The fourth-order valence-corrected chi connectivity index (χ4v) is 2.90. The van der Waals surface area contributed by atoms with Crippen LogP contribution < -0.4 is 5.32 Å². The molecule has 1 heterocycles. The van der Waals surface area contributed by atoms with E-state index in [9.17, 15) is 4.79 Å². The van der Waals surface area contributed by atoms with Gasteiger partial charge in [-0.3, -0.25) is 4.79 Å². The molecule has 1 saturated carbocycles. The van der Waals surface area contributed by atoms with Gasteiger partial charge >= 0.3 is 0 Å². The summed E-state index contributed by atoms with van der Waals surface area (Å²) < 4.78 is 0. The molecule has 3 nitrogen and oxygen atoms in total. The number of hydrogen-bond donors (Lipinski definition) is 1. The first kappa shape index (κ1) is 12.5. The van der Waals surface area contributed by atoms with Gasteiger partial charge in [0, 0.05) is 19.6 Å². The third-order valence-electron chi connectivity index (χ3n) is 3.60. The minimum absolute atomic E-state index is 0.0266. The summed E-state index contributed by atoms with van der Waals surface area (Å²) in [5.41, 5.74) is -0.0266. The molecule has 2 unspecified atom stereocenters. The van der Waals surface area contributed by atoms with Gasteiger partial charge in [-0.1, -0.05) is 20.8 Å². The summed E-state index contributed by atoms with van der Waals surface area (Å²) in [6, 6.07) is 0.399. The Labute approximate surface area is 93.2 Å². The highest BCUT2D eigenvalue weighted by molar-refractivity contribution is 5.87. The zero-order chi connectivity index (χ0) is 11.6. The molecule has 0 aromatic rings. The summed E-state index contributed by atoms with van der Waals surface area (Å²) in [5.74, 6) is 0.931. The minimum atomic E-state index is -0.0266. The standard InChI is InChI=1S/C10H18N2O.C2H6/c1-7-6-12(3)9(13)10(4-5-10)8(7)11-2;1-2/h7-8,11H,4-6H2,1-3H3;1-2H3. The van der Waals surface area contributed by atoms with Crippen molar-refractivity contribution in [3.05, 3.63) is 0 Å². The molecule has 0 aromatic carbocycles. The van der Waals surface area contributed by atoms with Crippen molar-refractivity contribution in [2.75, 3.05) is 20.6 Å². The van der Waals surface area contributed by atoms with Crippen LogP contribution in [0, 0.1) is 11.3 Å². The van der Waals surface area contributed by atoms with Gasteiger partial charge in [0.25, 0.3) is 0 Å². The van der Waals surface area contributed by atoms with E-state index < -0.39 is 0 Å². The average molecular weight is 212 g/mol. The normalized spacial score (nSPS) is 32.3. The predicted octanol–water partition coefficient (Wildman–Crippen LogP) is 1.49. The third kappa shape index (κ3) is 1.89. The van der Waals surface area contributed by atoms with Crippen LogP contribution in [0.2, 0.25) is 0 Å². The van der Waals surface area contributed by atoms with Crippen LogP contribution in [0.5, 0.6) is 0 Å². The van der Waals surface area contributed by atoms with Crippen molar-refractivity contribution >= 4 is 5.91 Å². The van der Waals surface area contributed by atoms with E-state index in [0.29, 0.717) is 17.9 Å². The number of piperidine rings is 1. The molecule has 1 aliphatic heterocycles. The molecule has 2 rings (SSSR count). The second-order valence-electron chi connectivity index (χ2n) is 4.59. The van der Waals surface area contributed by atoms with E-state index in [4.69, 9.17) is 0 Å². The van der Waals surface area contributed by atoms with Crippen LogP contribution in [0.15, 0.2) is 0 Å². The van der Waals surface area contributed by atoms with Crippen molar-refractivity contribution in [1.82, 2.24) is 10.2 Å². The van der Waals surface area contributed by atoms with E-state index in [1.165, 1.54) is 0 Å². The summed E-state index contributed by atoms with van der Waals surface area (Å²) in [5, 5.41) is 3.31. The van der Waals surface area contributed by atoms with Gasteiger partial charge < -0.3 is 10.2 Å². The number of nitrogens with one attached hydrogen (secondary N) is 1. The Kier molecular flexibility index (Phi) is 3.77. The highest BCUT2D eigenvalue weighted by Crippen LogP contribution is 2.53.